The molecule has 4 rings (SSSR count). The van der Waals surface area contributed by atoms with Crippen LogP contribution in [0.4, 0.5) is 15.5 Å². The lowest BCUT2D eigenvalue weighted by Crippen LogP contribution is -2.34. The maximum absolute atomic E-state index is 13.3. The van der Waals surface area contributed by atoms with Crippen molar-refractivity contribution in [3.8, 4) is 0 Å². The lowest BCUT2D eigenvalue weighted by Gasteiger charge is -2.31. The first-order chi connectivity index (χ1) is 12.0. The van der Waals surface area contributed by atoms with Gasteiger partial charge in [-0.05, 0) is 26.0 Å². The first-order valence-corrected chi connectivity index (χ1v) is 8.49. The number of nitrogens with one attached hydrogen (secondary N) is 1. The molecule has 1 amide bonds. The van der Waals surface area contributed by atoms with Crippen molar-refractivity contribution in [1.82, 2.24) is 19.7 Å². The van der Waals surface area contributed by atoms with Gasteiger partial charge in [0.2, 0.25) is 5.95 Å². The molecule has 0 bridgehead atoms. The summed E-state index contributed by atoms with van der Waals surface area (Å²) < 4.78 is 15.8. The molecule has 7 nitrogen and oxygen atoms in total. The monoisotopic (exact) mass is 358 g/mol. The Morgan fingerprint density at radius 2 is 2.20 bits per heavy atom. The second kappa shape index (κ2) is 5.62. The molecule has 0 radical (unpaired) electrons. The Balaban J connectivity index is 1.66. The Bertz CT molecular complexity index is 1020. The number of amides is 1. The van der Waals surface area contributed by atoms with Gasteiger partial charge in [0.1, 0.15) is 12.1 Å². The smallest absolute Gasteiger partial charge is 0.257 e. The van der Waals surface area contributed by atoms with E-state index < -0.39 is 0 Å². The van der Waals surface area contributed by atoms with Gasteiger partial charge in [-0.15, -0.1) is 0 Å². The number of aromatic nitrogens is 4. The highest BCUT2D eigenvalue weighted by Crippen LogP contribution is 2.33. The molecule has 3 heterocycles. The molecule has 1 unspecified atom stereocenters. The second-order valence-corrected chi connectivity index (χ2v) is 6.85. The third-order valence-electron chi connectivity index (χ3n) is 4.35. The average molecular weight is 358 g/mol. The zero-order chi connectivity index (χ0) is 17.7. The van der Waals surface area contributed by atoms with Crippen LogP contribution in [0.5, 0.6) is 0 Å². The summed E-state index contributed by atoms with van der Waals surface area (Å²) >= 11 is 1.31. The van der Waals surface area contributed by atoms with Gasteiger partial charge in [0, 0.05) is 18.8 Å². The number of benzene rings is 1. The van der Waals surface area contributed by atoms with E-state index in [9.17, 15) is 9.18 Å². The van der Waals surface area contributed by atoms with Gasteiger partial charge in [-0.3, -0.25) is 10.1 Å². The molecule has 0 aliphatic carbocycles. The highest BCUT2D eigenvalue weighted by atomic mass is 32.1. The molecule has 1 N–H and O–H groups in total. The molecule has 1 aliphatic heterocycles. The van der Waals surface area contributed by atoms with Crippen molar-refractivity contribution in [2.45, 2.75) is 19.9 Å². The standard InChI is InChI=1S/C16H15FN6OS/c1-8-13(9(2)23-16(22(8)3)18-7-19-23)14(24)21-15-20-11-6-10(17)4-5-12(11)25-15/h4-7,9H,1-3H3,(H,20,21,24). The number of thiazole rings is 1. The third-order valence-corrected chi connectivity index (χ3v) is 5.30. The number of nitrogens with zero attached hydrogens (tertiary/aromatic N) is 5. The number of anilines is 2. The van der Waals surface area contributed by atoms with Crippen LogP contribution in [0.3, 0.4) is 0 Å². The van der Waals surface area contributed by atoms with E-state index >= 15 is 0 Å². The van der Waals surface area contributed by atoms with Crippen molar-refractivity contribution < 1.29 is 9.18 Å². The zero-order valence-corrected chi connectivity index (χ0v) is 14.6. The maximum Gasteiger partial charge on any atom is 0.257 e. The fourth-order valence-electron chi connectivity index (χ4n) is 2.99. The molecule has 0 saturated heterocycles. The van der Waals surface area contributed by atoms with Crippen molar-refractivity contribution in [3.63, 3.8) is 0 Å². The fourth-order valence-corrected chi connectivity index (χ4v) is 3.83. The van der Waals surface area contributed by atoms with Crippen molar-refractivity contribution in [1.29, 1.82) is 0 Å². The zero-order valence-electron chi connectivity index (χ0n) is 13.8. The fraction of sp³-hybridized carbons (Fsp3) is 0.250. The second-order valence-electron chi connectivity index (χ2n) is 5.82. The van der Waals surface area contributed by atoms with E-state index in [0.717, 1.165) is 10.4 Å². The molecule has 0 saturated carbocycles. The quantitative estimate of drug-likeness (QED) is 0.762. The van der Waals surface area contributed by atoms with Gasteiger partial charge < -0.3 is 4.90 Å². The molecule has 128 valence electrons. The Labute approximate surface area is 146 Å². The van der Waals surface area contributed by atoms with Crippen molar-refractivity contribution in [2.24, 2.45) is 0 Å². The molecule has 0 fully saturated rings. The van der Waals surface area contributed by atoms with E-state index in [1.54, 1.807) is 10.7 Å². The number of carbonyl (C=O) groups excluding carboxylic acids is 1. The minimum Gasteiger partial charge on any atom is -0.317 e. The summed E-state index contributed by atoms with van der Waals surface area (Å²) in [5, 5.41) is 7.46. The molecular formula is C16H15FN6OS. The Morgan fingerprint density at radius 1 is 1.40 bits per heavy atom. The normalized spacial score (nSPS) is 17.1. The number of halogens is 1. The topological polar surface area (TPSA) is 75.9 Å². The van der Waals surface area contributed by atoms with Gasteiger partial charge in [-0.2, -0.15) is 10.1 Å². The van der Waals surface area contributed by atoms with E-state index in [2.05, 4.69) is 20.4 Å². The van der Waals surface area contributed by atoms with Crippen molar-refractivity contribution >= 4 is 38.5 Å². The highest BCUT2D eigenvalue weighted by molar-refractivity contribution is 7.22. The molecule has 25 heavy (non-hydrogen) atoms. The number of allylic oxidation sites excluding steroid dienone is 1. The number of hydrogen-bond acceptors (Lipinski definition) is 6. The van der Waals surface area contributed by atoms with E-state index in [-0.39, 0.29) is 17.8 Å². The van der Waals surface area contributed by atoms with E-state index in [1.165, 1.54) is 29.8 Å². The molecule has 1 aromatic carbocycles. The SMILES string of the molecule is CC1=C(C(=O)Nc2nc3cc(F)ccc3s2)C(C)n2ncnc2N1C. The molecule has 1 atom stereocenters. The molecule has 2 aromatic heterocycles. The summed E-state index contributed by atoms with van der Waals surface area (Å²) in [6.07, 6.45) is 1.47. The first-order valence-electron chi connectivity index (χ1n) is 7.67. The van der Waals surface area contributed by atoms with Crippen LogP contribution < -0.4 is 10.2 Å². The van der Waals surface area contributed by atoms with Crippen LogP contribution in [-0.2, 0) is 4.79 Å². The Kier molecular flexibility index (Phi) is 3.53. The Hall–Kier alpha value is -2.81. The van der Waals surface area contributed by atoms with Gasteiger partial charge in [-0.1, -0.05) is 11.3 Å². The summed E-state index contributed by atoms with van der Waals surface area (Å²) in [4.78, 5) is 23.2. The summed E-state index contributed by atoms with van der Waals surface area (Å²) in [5.41, 5.74) is 1.92. The highest BCUT2D eigenvalue weighted by Gasteiger charge is 2.32. The van der Waals surface area contributed by atoms with Gasteiger partial charge >= 0.3 is 0 Å². The molecular weight excluding hydrogens is 343 g/mol. The Morgan fingerprint density at radius 3 is 3.00 bits per heavy atom. The predicted molar refractivity (Wildman–Crippen MR) is 94.0 cm³/mol. The van der Waals surface area contributed by atoms with Crippen LogP contribution in [0.25, 0.3) is 10.2 Å². The minimum absolute atomic E-state index is 0.250. The summed E-state index contributed by atoms with van der Waals surface area (Å²) in [7, 11) is 1.84. The van der Waals surface area contributed by atoms with Crippen LogP contribution in [-0.4, -0.2) is 32.7 Å². The predicted octanol–water partition coefficient (Wildman–Crippen LogP) is 2.95. The van der Waals surface area contributed by atoms with Crippen molar-refractivity contribution in [2.75, 3.05) is 17.3 Å². The van der Waals surface area contributed by atoms with Crippen LogP contribution in [0, 0.1) is 5.82 Å². The molecule has 0 spiro atoms. The number of hydrogen-bond donors (Lipinski definition) is 1. The van der Waals surface area contributed by atoms with Crippen molar-refractivity contribution in [3.05, 3.63) is 41.6 Å². The molecule has 3 aromatic rings. The van der Waals surface area contributed by atoms with Crippen LogP contribution >= 0.6 is 11.3 Å². The van der Waals surface area contributed by atoms with E-state index in [0.29, 0.717) is 22.2 Å². The molecule has 1 aliphatic rings. The number of rotatable bonds is 2. The van der Waals surface area contributed by atoms with Crippen LogP contribution in [0.15, 0.2) is 35.8 Å². The molecule has 9 heteroatoms. The lowest BCUT2D eigenvalue weighted by molar-refractivity contribution is -0.113. The van der Waals surface area contributed by atoms with Gasteiger partial charge in [0.25, 0.3) is 5.91 Å². The van der Waals surface area contributed by atoms with Gasteiger partial charge in [0.15, 0.2) is 5.13 Å². The number of fused-ring (bicyclic) bond motifs is 2. The average Bonchev–Trinajstić information content (AvgIpc) is 3.19. The lowest BCUT2D eigenvalue weighted by atomic mass is 10.0. The van der Waals surface area contributed by atoms with Crippen LogP contribution in [0.2, 0.25) is 0 Å². The van der Waals surface area contributed by atoms with E-state index in [4.69, 9.17) is 0 Å². The van der Waals surface area contributed by atoms with Gasteiger partial charge in [-0.25, -0.2) is 14.1 Å². The third kappa shape index (κ3) is 2.47. The first kappa shape index (κ1) is 15.7. The van der Waals surface area contributed by atoms with E-state index in [1.807, 2.05) is 25.8 Å². The summed E-state index contributed by atoms with van der Waals surface area (Å²) in [6, 6.07) is 4.13. The maximum atomic E-state index is 13.3. The van der Waals surface area contributed by atoms with Gasteiger partial charge in [0.05, 0.1) is 21.8 Å². The summed E-state index contributed by atoms with van der Waals surface area (Å²) in [5.74, 6) is 0.0880. The minimum atomic E-state index is -0.351. The largest absolute Gasteiger partial charge is 0.317 e. The summed E-state index contributed by atoms with van der Waals surface area (Å²) in [6.45, 7) is 3.77. The number of carbonyl (C=O) groups is 1. The van der Waals surface area contributed by atoms with Crippen LogP contribution in [0.1, 0.15) is 19.9 Å².